The van der Waals surface area contributed by atoms with Crippen LogP contribution in [-0.2, 0) is 6.18 Å². The molecule has 0 unspecified atom stereocenters. The van der Waals surface area contributed by atoms with Crippen molar-refractivity contribution in [1.29, 1.82) is 0 Å². The van der Waals surface area contributed by atoms with Crippen LogP contribution in [0.15, 0.2) is 24.8 Å². The van der Waals surface area contributed by atoms with E-state index in [-0.39, 0.29) is 12.4 Å². The molecular formula is C10H10ClF4NO. The van der Waals surface area contributed by atoms with Crippen molar-refractivity contribution in [2.45, 2.75) is 12.2 Å². The van der Waals surface area contributed by atoms with Crippen molar-refractivity contribution in [3.63, 3.8) is 0 Å². The molecule has 3 N–H and O–H groups in total. The molecule has 0 aliphatic heterocycles. The number of rotatable bonds is 2. The highest BCUT2D eigenvalue weighted by Gasteiger charge is 2.36. The number of nitrogens with two attached hydrogens (primary N) is 1. The molecule has 1 rings (SSSR count). The fraction of sp³-hybridized carbons (Fsp3) is 0.200. The van der Waals surface area contributed by atoms with Crippen LogP contribution in [-0.4, -0.2) is 5.11 Å². The molecule has 0 amide bonds. The van der Waals surface area contributed by atoms with Crippen LogP contribution in [0.2, 0.25) is 0 Å². The van der Waals surface area contributed by atoms with Gasteiger partial charge < -0.3 is 10.8 Å². The summed E-state index contributed by atoms with van der Waals surface area (Å²) in [5, 5.41) is 9.24. The van der Waals surface area contributed by atoms with E-state index in [9.17, 15) is 22.7 Å². The van der Waals surface area contributed by atoms with Crippen molar-refractivity contribution < 1.29 is 22.7 Å². The molecule has 7 heteroatoms. The standard InChI is InChI=1S/C10H9F4NO.ClH/c1-2-7(15)8-5(10(12,13)14)3-4-6(11)9(8)16;/h2-4,7,16H,1,15H2;1H/t7-;/m0./s1. The van der Waals surface area contributed by atoms with Crippen LogP contribution in [0, 0.1) is 5.82 Å². The van der Waals surface area contributed by atoms with Gasteiger partial charge in [0.1, 0.15) is 0 Å². The maximum atomic E-state index is 12.9. The first-order valence-corrected chi connectivity index (χ1v) is 4.25. The third-order valence-corrected chi connectivity index (χ3v) is 2.06. The van der Waals surface area contributed by atoms with Crippen LogP contribution >= 0.6 is 12.4 Å². The van der Waals surface area contributed by atoms with Crippen molar-refractivity contribution >= 4 is 12.4 Å². The maximum Gasteiger partial charge on any atom is 0.416 e. The zero-order chi connectivity index (χ0) is 12.5. The summed E-state index contributed by atoms with van der Waals surface area (Å²) < 4.78 is 50.5. The zero-order valence-electron chi connectivity index (χ0n) is 8.46. The minimum Gasteiger partial charge on any atom is -0.505 e. The summed E-state index contributed by atoms with van der Waals surface area (Å²) in [7, 11) is 0. The lowest BCUT2D eigenvalue weighted by molar-refractivity contribution is -0.138. The highest BCUT2D eigenvalue weighted by Crippen LogP contribution is 2.39. The monoisotopic (exact) mass is 271 g/mol. The molecule has 0 spiro atoms. The quantitative estimate of drug-likeness (QED) is 0.641. The van der Waals surface area contributed by atoms with Gasteiger partial charge >= 0.3 is 6.18 Å². The molecule has 2 nitrogen and oxygen atoms in total. The van der Waals surface area contributed by atoms with Crippen molar-refractivity contribution in [3.8, 4) is 5.75 Å². The van der Waals surface area contributed by atoms with Gasteiger partial charge in [-0.25, -0.2) is 4.39 Å². The van der Waals surface area contributed by atoms with E-state index in [2.05, 4.69) is 6.58 Å². The van der Waals surface area contributed by atoms with Gasteiger partial charge in [-0.2, -0.15) is 13.2 Å². The summed E-state index contributed by atoms with van der Waals surface area (Å²) in [6, 6.07) is -0.210. The van der Waals surface area contributed by atoms with Gasteiger partial charge in [-0.05, 0) is 12.1 Å². The van der Waals surface area contributed by atoms with Gasteiger partial charge in [0.15, 0.2) is 11.6 Å². The highest BCUT2D eigenvalue weighted by atomic mass is 35.5. The Balaban J connectivity index is 0.00000256. The fourth-order valence-corrected chi connectivity index (χ4v) is 1.28. The van der Waals surface area contributed by atoms with Gasteiger partial charge in [0.2, 0.25) is 0 Å². The van der Waals surface area contributed by atoms with E-state index < -0.39 is 34.9 Å². The molecule has 0 heterocycles. The van der Waals surface area contributed by atoms with Gasteiger partial charge in [-0.15, -0.1) is 19.0 Å². The average Bonchev–Trinajstić information content (AvgIpc) is 2.19. The summed E-state index contributed by atoms with van der Waals surface area (Å²) in [5.41, 5.74) is 3.44. The number of halogens is 5. The SMILES string of the molecule is C=C[C@H](N)c1c(C(F)(F)F)ccc(F)c1O.Cl. The number of phenols is 1. The second-order valence-electron chi connectivity index (χ2n) is 3.12. The minimum absolute atomic E-state index is 0. The summed E-state index contributed by atoms with van der Waals surface area (Å²) in [4.78, 5) is 0. The molecule has 0 aliphatic rings. The molecule has 96 valence electrons. The summed E-state index contributed by atoms with van der Waals surface area (Å²) in [6.07, 6.45) is -3.72. The van der Waals surface area contributed by atoms with Gasteiger partial charge in [0, 0.05) is 5.56 Å². The molecule has 0 saturated heterocycles. The number of alkyl halides is 3. The number of hydrogen-bond acceptors (Lipinski definition) is 2. The van der Waals surface area contributed by atoms with Crippen LogP contribution in [0.3, 0.4) is 0 Å². The van der Waals surface area contributed by atoms with Gasteiger partial charge in [-0.1, -0.05) is 6.08 Å². The van der Waals surface area contributed by atoms with Crippen LogP contribution in [0.5, 0.6) is 5.75 Å². The molecule has 1 aromatic carbocycles. The van der Waals surface area contributed by atoms with Crippen molar-refractivity contribution in [1.82, 2.24) is 0 Å². The lowest BCUT2D eigenvalue weighted by atomic mass is 9.99. The fourth-order valence-electron chi connectivity index (χ4n) is 1.28. The average molecular weight is 272 g/mol. The van der Waals surface area contributed by atoms with E-state index in [1.165, 1.54) is 0 Å². The molecule has 0 aromatic heterocycles. The predicted molar refractivity (Wildman–Crippen MR) is 57.4 cm³/mol. The van der Waals surface area contributed by atoms with E-state index >= 15 is 0 Å². The molecule has 0 radical (unpaired) electrons. The lowest BCUT2D eigenvalue weighted by Crippen LogP contribution is -2.16. The van der Waals surface area contributed by atoms with Crippen LogP contribution in [0.25, 0.3) is 0 Å². The normalized spacial score (nSPS) is 12.8. The maximum absolute atomic E-state index is 12.9. The van der Waals surface area contributed by atoms with E-state index in [1.807, 2.05) is 0 Å². The Morgan fingerprint density at radius 3 is 2.29 bits per heavy atom. The first-order valence-electron chi connectivity index (χ1n) is 4.25. The summed E-state index contributed by atoms with van der Waals surface area (Å²) in [5.74, 6) is -2.25. The van der Waals surface area contributed by atoms with Gasteiger partial charge in [0.25, 0.3) is 0 Å². The Morgan fingerprint density at radius 2 is 1.88 bits per heavy atom. The van der Waals surface area contributed by atoms with Gasteiger partial charge in [0.05, 0.1) is 11.6 Å². The minimum atomic E-state index is -4.71. The molecule has 17 heavy (non-hydrogen) atoms. The third kappa shape index (κ3) is 3.10. The Bertz CT molecular complexity index is 420. The van der Waals surface area contributed by atoms with E-state index in [0.29, 0.717) is 12.1 Å². The van der Waals surface area contributed by atoms with E-state index in [0.717, 1.165) is 6.08 Å². The molecular weight excluding hydrogens is 262 g/mol. The molecule has 0 fully saturated rings. The Morgan fingerprint density at radius 1 is 1.35 bits per heavy atom. The molecule has 1 aromatic rings. The largest absolute Gasteiger partial charge is 0.505 e. The molecule has 1 atom stereocenters. The lowest BCUT2D eigenvalue weighted by Gasteiger charge is -2.17. The highest BCUT2D eigenvalue weighted by molar-refractivity contribution is 5.85. The molecule has 0 bridgehead atoms. The van der Waals surface area contributed by atoms with Crippen molar-refractivity contribution in [2.75, 3.05) is 0 Å². The summed E-state index contributed by atoms with van der Waals surface area (Å²) >= 11 is 0. The number of hydrogen-bond donors (Lipinski definition) is 2. The second-order valence-corrected chi connectivity index (χ2v) is 3.12. The zero-order valence-corrected chi connectivity index (χ0v) is 9.28. The van der Waals surface area contributed by atoms with E-state index in [4.69, 9.17) is 5.73 Å². The number of benzene rings is 1. The topological polar surface area (TPSA) is 46.2 Å². The van der Waals surface area contributed by atoms with Crippen LogP contribution in [0.1, 0.15) is 17.2 Å². The second kappa shape index (κ2) is 5.37. The summed E-state index contributed by atoms with van der Waals surface area (Å²) in [6.45, 7) is 3.21. The van der Waals surface area contributed by atoms with Crippen LogP contribution in [0.4, 0.5) is 17.6 Å². The van der Waals surface area contributed by atoms with Gasteiger partial charge in [-0.3, -0.25) is 0 Å². The number of phenolic OH excluding ortho intramolecular Hbond substituents is 1. The first-order chi connectivity index (χ1) is 7.29. The molecule has 0 saturated carbocycles. The molecule has 0 aliphatic carbocycles. The van der Waals surface area contributed by atoms with E-state index in [1.54, 1.807) is 0 Å². The smallest absolute Gasteiger partial charge is 0.416 e. The van der Waals surface area contributed by atoms with Crippen molar-refractivity contribution in [2.24, 2.45) is 5.73 Å². The number of aromatic hydroxyl groups is 1. The third-order valence-electron chi connectivity index (χ3n) is 2.06. The Labute approximate surface area is 101 Å². The van der Waals surface area contributed by atoms with Crippen LogP contribution < -0.4 is 5.73 Å². The predicted octanol–water partition coefficient (Wildman–Crippen LogP) is 3.16. The van der Waals surface area contributed by atoms with Crippen molar-refractivity contribution in [3.05, 3.63) is 41.7 Å². The first kappa shape index (κ1) is 15.7. The Kier molecular flexibility index (Phi) is 4.97. The Hall–Kier alpha value is -1.27.